The van der Waals surface area contributed by atoms with Crippen molar-refractivity contribution in [3.05, 3.63) is 46.5 Å². The fourth-order valence-corrected chi connectivity index (χ4v) is 2.58. The molecule has 144 valence electrons. The number of hydrogen-bond acceptors (Lipinski definition) is 7. The third kappa shape index (κ3) is 4.62. The van der Waals surface area contributed by atoms with Crippen molar-refractivity contribution in [2.45, 2.75) is 0 Å². The van der Waals surface area contributed by atoms with Gasteiger partial charge in [-0.05, 0) is 18.2 Å². The molecule has 0 atom stereocenters. The molecule has 0 unspecified atom stereocenters. The standard InChI is InChI=1S/C19H19ClO7/c1-23-15-6-5-11(7-13(15)20)14(21)10-27-19(22)12-8-17(25-3)18(26-4)9-16(12)24-2/h5-9H,10H2,1-4H3. The van der Waals surface area contributed by atoms with Crippen LogP contribution < -0.4 is 18.9 Å². The first-order chi connectivity index (χ1) is 12.9. The molecule has 0 bridgehead atoms. The summed E-state index contributed by atoms with van der Waals surface area (Å²) in [7, 11) is 5.79. The minimum Gasteiger partial charge on any atom is -0.496 e. The fraction of sp³-hybridized carbons (Fsp3) is 0.263. The minimum atomic E-state index is -0.735. The number of carbonyl (C=O) groups excluding carboxylic acids is 2. The van der Waals surface area contributed by atoms with Crippen LogP contribution in [-0.2, 0) is 4.74 Å². The highest BCUT2D eigenvalue weighted by molar-refractivity contribution is 6.32. The molecule has 0 saturated heterocycles. The molecule has 2 aromatic carbocycles. The Morgan fingerprint density at radius 2 is 1.41 bits per heavy atom. The predicted octanol–water partition coefficient (Wildman–Crippen LogP) is 3.41. The van der Waals surface area contributed by atoms with Crippen molar-refractivity contribution in [3.63, 3.8) is 0 Å². The maximum Gasteiger partial charge on any atom is 0.342 e. The van der Waals surface area contributed by atoms with Gasteiger partial charge in [-0.25, -0.2) is 4.79 Å². The maximum absolute atomic E-state index is 12.4. The van der Waals surface area contributed by atoms with E-state index >= 15 is 0 Å². The number of ether oxygens (including phenoxy) is 5. The van der Waals surface area contributed by atoms with Gasteiger partial charge in [-0.15, -0.1) is 0 Å². The topological polar surface area (TPSA) is 80.3 Å². The lowest BCUT2D eigenvalue weighted by molar-refractivity contribution is 0.0471. The van der Waals surface area contributed by atoms with Gasteiger partial charge in [-0.1, -0.05) is 11.6 Å². The molecule has 8 heteroatoms. The molecule has 0 aliphatic heterocycles. The van der Waals surface area contributed by atoms with Crippen LogP contribution in [0, 0.1) is 0 Å². The highest BCUT2D eigenvalue weighted by Crippen LogP contribution is 2.35. The van der Waals surface area contributed by atoms with E-state index in [1.54, 1.807) is 6.07 Å². The normalized spacial score (nSPS) is 10.1. The fourth-order valence-electron chi connectivity index (χ4n) is 2.32. The van der Waals surface area contributed by atoms with Gasteiger partial charge in [-0.3, -0.25) is 4.79 Å². The molecule has 2 aromatic rings. The summed E-state index contributed by atoms with van der Waals surface area (Å²) in [6, 6.07) is 7.48. The Labute approximate surface area is 161 Å². The maximum atomic E-state index is 12.4. The molecule has 0 heterocycles. The third-order valence-electron chi connectivity index (χ3n) is 3.73. The Morgan fingerprint density at radius 1 is 0.815 bits per heavy atom. The number of Topliss-reactive ketones (excluding diaryl/α,β-unsaturated/α-hetero) is 1. The molecule has 0 aliphatic carbocycles. The average Bonchev–Trinajstić information content (AvgIpc) is 2.70. The molecule has 0 aliphatic rings. The summed E-state index contributed by atoms with van der Waals surface area (Å²) in [5.41, 5.74) is 0.406. The van der Waals surface area contributed by atoms with Gasteiger partial charge in [0.05, 0.1) is 33.5 Å². The van der Waals surface area contributed by atoms with Gasteiger partial charge in [0.25, 0.3) is 0 Å². The van der Waals surface area contributed by atoms with E-state index in [-0.39, 0.29) is 16.3 Å². The molecular weight excluding hydrogens is 376 g/mol. The van der Waals surface area contributed by atoms with Crippen LogP contribution in [0.3, 0.4) is 0 Å². The highest BCUT2D eigenvalue weighted by Gasteiger charge is 2.20. The number of carbonyl (C=O) groups is 2. The number of benzene rings is 2. The average molecular weight is 395 g/mol. The van der Waals surface area contributed by atoms with Gasteiger partial charge < -0.3 is 23.7 Å². The summed E-state index contributed by atoms with van der Waals surface area (Å²) in [4.78, 5) is 24.7. The van der Waals surface area contributed by atoms with Crippen molar-refractivity contribution in [1.82, 2.24) is 0 Å². The van der Waals surface area contributed by atoms with Crippen molar-refractivity contribution in [1.29, 1.82) is 0 Å². The molecular formula is C19H19ClO7. The summed E-state index contributed by atoms with van der Waals surface area (Å²) in [5, 5.41) is 0.288. The molecule has 2 rings (SSSR count). The largest absolute Gasteiger partial charge is 0.496 e. The number of hydrogen-bond donors (Lipinski definition) is 0. The SMILES string of the molecule is COc1ccc(C(=O)COC(=O)c2cc(OC)c(OC)cc2OC)cc1Cl. The van der Waals surface area contributed by atoms with Crippen LogP contribution in [0.5, 0.6) is 23.0 Å². The zero-order valence-corrected chi connectivity index (χ0v) is 16.1. The molecule has 7 nitrogen and oxygen atoms in total. The smallest absolute Gasteiger partial charge is 0.342 e. The van der Waals surface area contributed by atoms with Crippen LogP contribution in [0.2, 0.25) is 5.02 Å². The lowest BCUT2D eigenvalue weighted by atomic mass is 10.1. The number of methoxy groups -OCH3 is 4. The van der Waals surface area contributed by atoms with Crippen molar-refractivity contribution >= 4 is 23.4 Å². The summed E-state index contributed by atoms with van der Waals surface area (Å²) in [6.45, 7) is -0.459. The van der Waals surface area contributed by atoms with Crippen molar-refractivity contribution in [3.8, 4) is 23.0 Å². The first kappa shape index (κ1) is 20.4. The number of ketones is 1. The Kier molecular flexibility index (Phi) is 6.90. The van der Waals surface area contributed by atoms with E-state index in [9.17, 15) is 9.59 Å². The zero-order valence-electron chi connectivity index (χ0n) is 15.3. The van der Waals surface area contributed by atoms with Gasteiger partial charge in [0.1, 0.15) is 17.1 Å². The van der Waals surface area contributed by atoms with Gasteiger partial charge >= 0.3 is 5.97 Å². The van der Waals surface area contributed by atoms with E-state index in [1.165, 1.54) is 52.7 Å². The van der Waals surface area contributed by atoms with Gasteiger partial charge in [0.2, 0.25) is 0 Å². The van der Waals surface area contributed by atoms with Crippen molar-refractivity contribution in [2.24, 2.45) is 0 Å². The van der Waals surface area contributed by atoms with E-state index in [0.717, 1.165) is 0 Å². The molecule has 0 aromatic heterocycles. The monoisotopic (exact) mass is 394 g/mol. The summed E-state index contributed by atoms with van der Waals surface area (Å²) in [5.74, 6) is 0.263. The van der Waals surface area contributed by atoms with Gasteiger partial charge in [-0.2, -0.15) is 0 Å². The highest BCUT2D eigenvalue weighted by atomic mass is 35.5. The molecule has 0 radical (unpaired) electrons. The van der Waals surface area contributed by atoms with E-state index in [2.05, 4.69) is 0 Å². The molecule has 0 saturated carbocycles. The second-order valence-electron chi connectivity index (χ2n) is 5.26. The second kappa shape index (κ2) is 9.14. The quantitative estimate of drug-likeness (QED) is 0.501. The summed E-state index contributed by atoms with van der Waals surface area (Å²) in [6.07, 6.45) is 0. The molecule has 0 amide bonds. The molecule has 0 spiro atoms. The van der Waals surface area contributed by atoms with Crippen molar-refractivity contribution < 1.29 is 33.3 Å². The number of esters is 1. The van der Waals surface area contributed by atoms with Crippen LogP contribution in [0.4, 0.5) is 0 Å². The summed E-state index contributed by atoms with van der Waals surface area (Å²) >= 11 is 6.01. The van der Waals surface area contributed by atoms with Gasteiger partial charge in [0.15, 0.2) is 23.9 Å². The lowest BCUT2D eigenvalue weighted by Gasteiger charge is -2.13. The molecule has 27 heavy (non-hydrogen) atoms. The number of halogens is 1. The zero-order chi connectivity index (χ0) is 20.0. The lowest BCUT2D eigenvalue weighted by Crippen LogP contribution is -2.15. The van der Waals surface area contributed by atoms with Crippen LogP contribution >= 0.6 is 11.6 Å². The molecule has 0 fully saturated rings. The van der Waals surface area contributed by atoms with Crippen LogP contribution in [0.1, 0.15) is 20.7 Å². The predicted molar refractivity (Wildman–Crippen MR) is 98.7 cm³/mol. The van der Waals surface area contributed by atoms with Crippen LogP contribution in [0.15, 0.2) is 30.3 Å². The van der Waals surface area contributed by atoms with E-state index in [4.69, 9.17) is 35.3 Å². The van der Waals surface area contributed by atoms with Crippen molar-refractivity contribution in [2.75, 3.05) is 35.0 Å². The van der Waals surface area contributed by atoms with Crippen LogP contribution in [-0.4, -0.2) is 46.8 Å². The van der Waals surface area contributed by atoms with E-state index < -0.39 is 18.4 Å². The Balaban J connectivity index is 2.15. The Morgan fingerprint density at radius 3 is 1.96 bits per heavy atom. The Bertz CT molecular complexity index is 848. The van der Waals surface area contributed by atoms with E-state index in [1.807, 2.05) is 0 Å². The first-order valence-corrected chi connectivity index (χ1v) is 8.16. The van der Waals surface area contributed by atoms with Crippen LogP contribution in [0.25, 0.3) is 0 Å². The molecule has 0 N–H and O–H groups in total. The second-order valence-corrected chi connectivity index (χ2v) is 5.66. The van der Waals surface area contributed by atoms with E-state index in [0.29, 0.717) is 22.8 Å². The third-order valence-corrected chi connectivity index (χ3v) is 4.03. The van der Waals surface area contributed by atoms with Gasteiger partial charge in [0, 0.05) is 17.7 Å². The Hall–Kier alpha value is -2.93. The minimum absolute atomic E-state index is 0.107. The number of rotatable bonds is 8. The summed E-state index contributed by atoms with van der Waals surface area (Å²) < 4.78 is 25.7. The first-order valence-electron chi connectivity index (χ1n) is 7.79.